The number of carbonyl (C=O) groups is 1. The van der Waals surface area contributed by atoms with Crippen LogP contribution in [0.15, 0.2) is 97.1 Å². The van der Waals surface area contributed by atoms with E-state index in [4.69, 9.17) is 23.7 Å². The predicted molar refractivity (Wildman–Crippen MR) is 223 cm³/mol. The number of aliphatic hydroxyl groups is 1. The van der Waals surface area contributed by atoms with Crippen molar-refractivity contribution in [1.82, 2.24) is 0 Å². The number of hydrogen-bond donors (Lipinski definition) is 2. The van der Waals surface area contributed by atoms with Crippen LogP contribution in [0.25, 0.3) is 0 Å². The smallest absolute Gasteiger partial charge is 0.508 e. The molecule has 0 bridgehead atoms. The molecule has 9 nitrogen and oxygen atoms in total. The molecule has 9 heteroatoms. The number of aromatic hydroxyl groups is 1. The topological polar surface area (TPSA) is 127 Å². The van der Waals surface area contributed by atoms with Gasteiger partial charge >= 0.3 is 6.16 Å². The molecule has 2 N–H and O–H groups in total. The van der Waals surface area contributed by atoms with Crippen molar-refractivity contribution >= 4 is 6.16 Å². The number of carbonyl (C=O) groups excluding carboxylic acids is 1. The lowest BCUT2D eigenvalue weighted by atomic mass is 9.66. The fourth-order valence-corrected chi connectivity index (χ4v) is 7.27. The van der Waals surface area contributed by atoms with Crippen molar-refractivity contribution in [1.29, 1.82) is 5.26 Å². The first-order chi connectivity index (χ1) is 26.9. The first-order valence-corrected chi connectivity index (χ1v) is 19.9. The summed E-state index contributed by atoms with van der Waals surface area (Å²) < 4.78 is 28.3. The van der Waals surface area contributed by atoms with Gasteiger partial charge in [0.2, 0.25) is 0 Å². The molecule has 0 aliphatic heterocycles. The molecule has 0 heterocycles. The third kappa shape index (κ3) is 13.6. The van der Waals surface area contributed by atoms with Crippen LogP contribution < -0.4 is 9.47 Å². The minimum Gasteiger partial charge on any atom is -0.508 e. The molecule has 0 saturated heterocycles. The summed E-state index contributed by atoms with van der Waals surface area (Å²) in [4.78, 5) is 12.5. The van der Waals surface area contributed by atoms with Crippen molar-refractivity contribution in [2.24, 2.45) is 0 Å². The van der Waals surface area contributed by atoms with E-state index in [0.29, 0.717) is 30.9 Å². The SMILES string of the molecule is CCOC(C)Oc1ccc(C(C(C)c2ccc(O)cc2)C(c2ccc(OC(=O)OC(C)(C)C)cc2)C(C)c2ccc(C(C#N)CCC(O)OC(C)(C)C)cc2)cc1. The summed E-state index contributed by atoms with van der Waals surface area (Å²) in [7, 11) is 0. The van der Waals surface area contributed by atoms with Gasteiger partial charge in [-0.05, 0) is 156 Å². The minimum absolute atomic E-state index is 0.0196. The Morgan fingerprint density at radius 3 is 1.58 bits per heavy atom. The van der Waals surface area contributed by atoms with Crippen LogP contribution in [0.1, 0.15) is 139 Å². The maximum Gasteiger partial charge on any atom is 0.514 e. The molecule has 4 aromatic rings. The minimum atomic E-state index is -0.956. The van der Waals surface area contributed by atoms with Gasteiger partial charge < -0.3 is 33.9 Å². The van der Waals surface area contributed by atoms with Crippen LogP contribution in [0, 0.1) is 11.3 Å². The number of phenols is 1. The molecule has 0 radical (unpaired) electrons. The molecular weight excluding hydrogens is 719 g/mol. The Labute approximate surface area is 339 Å². The van der Waals surface area contributed by atoms with E-state index in [1.54, 1.807) is 45.0 Å². The zero-order valence-electron chi connectivity index (χ0n) is 35.2. The molecule has 0 aromatic heterocycles. The van der Waals surface area contributed by atoms with Crippen molar-refractivity contribution in [3.05, 3.63) is 125 Å². The summed E-state index contributed by atoms with van der Waals surface area (Å²) in [6, 6.07) is 33.7. The maximum atomic E-state index is 12.5. The van der Waals surface area contributed by atoms with E-state index in [2.05, 4.69) is 44.2 Å². The second-order valence-electron chi connectivity index (χ2n) is 16.7. The summed E-state index contributed by atoms with van der Waals surface area (Å²) in [5.74, 6) is 0.601. The Morgan fingerprint density at radius 2 is 1.12 bits per heavy atom. The average Bonchev–Trinajstić information content (AvgIpc) is 3.13. The molecule has 57 heavy (non-hydrogen) atoms. The van der Waals surface area contributed by atoms with Gasteiger partial charge in [-0.1, -0.05) is 74.5 Å². The van der Waals surface area contributed by atoms with Gasteiger partial charge in [-0.3, -0.25) is 0 Å². The van der Waals surface area contributed by atoms with Crippen molar-refractivity contribution in [2.75, 3.05) is 6.61 Å². The lowest BCUT2D eigenvalue weighted by Gasteiger charge is -2.37. The molecule has 4 aromatic carbocycles. The number of benzene rings is 4. The molecule has 7 unspecified atom stereocenters. The molecule has 306 valence electrons. The van der Waals surface area contributed by atoms with E-state index in [1.807, 2.05) is 83.1 Å². The Bertz CT molecular complexity index is 1870. The summed E-state index contributed by atoms with van der Waals surface area (Å²) in [5.41, 5.74) is 3.97. The average molecular weight is 780 g/mol. The van der Waals surface area contributed by atoms with E-state index in [0.717, 1.165) is 27.8 Å². The molecule has 0 spiro atoms. The normalized spacial score (nSPS) is 15.6. The molecule has 0 amide bonds. The molecule has 0 saturated carbocycles. The quantitative estimate of drug-likeness (QED) is 0.0611. The lowest BCUT2D eigenvalue weighted by Crippen LogP contribution is -2.27. The highest BCUT2D eigenvalue weighted by molar-refractivity contribution is 5.64. The first-order valence-electron chi connectivity index (χ1n) is 19.9. The van der Waals surface area contributed by atoms with Crippen molar-refractivity contribution in [2.45, 2.75) is 135 Å². The lowest BCUT2D eigenvalue weighted by molar-refractivity contribution is -0.168. The highest BCUT2D eigenvalue weighted by atomic mass is 16.7. The molecule has 0 aliphatic rings. The Hall–Kier alpha value is -4.88. The number of hydrogen-bond acceptors (Lipinski definition) is 9. The summed E-state index contributed by atoms with van der Waals surface area (Å²) in [5, 5.41) is 30.7. The molecule has 4 rings (SSSR count). The van der Waals surface area contributed by atoms with Gasteiger partial charge in [0.25, 0.3) is 0 Å². The molecular formula is C48H61NO8. The highest BCUT2D eigenvalue weighted by Crippen LogP contribution is 2.50. The van der Waals surface area contributed by atoms with Crippen LogP contribution in [0.4, 0.5) is 4.79 Å². The van der Waals surface area contributed by atoms with Crippen molar-refractivity contribution in [3.63, 3.8) is 0 Å². The monoisotopic (exact) mass is 779 g/mol. The van der Waals surface area contributed by atoms with Crippen LogP contribution in [0.5, 0.6) is 17.2 Å². The summed E-state index contributed by atoms with van der Waals surface area (Å²) >= 11 is 0. The van der Waals surface area contributed by atoms with E-state index < -0.39 is 35.9 Å². The zero-order chi connectivity index (χ0) is 41.9. The van der Waals surface area contributed by atoms with E-state index >= 15 is 0 Å². The maximum absolute atomic E-state index is 12.5. The molecule has 0 fully saturated rings. The predicted octanol–water partition coefficient (Wildman–Crippen LogP) is 11.5. The third-order valence-corrected chi connectivity index (χ3v) is 9.92. The first kappa shape index (κ1) is 44.8. The van der Waals surface area contributed by atoms with E-state index in [9.17, 15) is 20.3 Å². The number of nitrogens with zero attached hydrogens (tertiary/aromatic N) is 1. The third-order valence-electron chi connectivity index (χ3n) is 9.92. The van der Waals surface area contributed by atoms with Crippen molar-refractivity contribution in [3.8, 4) is 23.3 Å². The highest BCUT2D eigenvalue weighted by Gasteiger charge is 2.35. The van der Waals surface area contributed by atoms with Crippen LogP contribution in [-0.2, 0) is 14.2 Å². The van der Waals surface area contributed by atoms with Crippen LogP contribution in [-0.4, -0.2) is 46.8 Å². The van der Waals surface area contributed by atoms with Crippen LogP contribution in [0.3, 0.4) is 0 Å². The summed E-state index contributed by atoms with van der Waals surface area (Å²) in [6.45, 7) is 19.8. The van der Waals surface area contributed by atoms with Gasteiger partial charge in [0, 0.05) is 6.61 Å². The van der Waals surface area contributed by atoms with Gasteiger partial charge in [0.15, 0.2) is 12.6 Å². The van der Waals surface area contributed by atoms with Crippen LogP contribution >= 0.6 is 0 Å². The number of phenolic OH excluding ortho intramolecular Hbond substituents is 1. The van der Waals surface area contributed by atoms with E-state index in [-0.39, 0.29) is 29.4 Å². The Kier molecular flexibility index (Phi) is 15.7. The van der Waals surface area contributed by atoms with Gasteiger partial charge in [-0.2, -0.15) is 5.26 Å². The summed E-state index contributed by atoms with van der Waals surface area (Å²) in [6.07, 6.45) is -1.32. The second kappa shape index (κ2) is 20.0. The number of ether oxygens (including phenoxy) is 5. The second-order valence-corrected chi connectivity index (χ2v) is 16.7. The Morgan fingerprint density at radius 1 is 0.667 bits per heavy atom. The van der Waals surface area contributed by atoms with Gasteiger partial charge in [0.05, 0.1) is 17.6 Å². The fraction of sp³-hybridized carbons (Fsp3) is 0.458. The van der Waals surface area contributed by atoms with Crippen molar-refractivity contribution < 1.29 is 38.7 Å². The number of aliphatic hydroxyl groups excluding tert-OH is 1. The van der Waals surface area contributed by atoms with Gasteiger partial charge in [0.1, 0.15) is 22.8 Å². The largest absolute Gasteiger partial charge is 0.514 e. The molecule has 0 aliphatic carbocycles. The fourth-order valence-electron chi connectivity index (χ4n) is 7.27. The number of rotatable bonds is 17. The van der Waals surface area contributed by atoms with Gasteiger partial charge in [-0.15, -0.1) is 0 Å². The zero-order valence-corrected chi connectivity index (χ0v) is 35.2. The van der Waals surface area contributed by atoms with Gasteiger partial charge in [-0.25, -0.2) is 4.79 Å². The van der Waals surface area contributed by atoms with Crippen LogP contribution in [0.2, 0.25) is 0 Å². The number of nitriles is 1. The Balaban J connectivity index is 1.77. The standard InChI is InChI=1S/C48H61NO8/c1-11-53-33(4)54-41-25-18-37(19-26-41)45(32(3)35-16-23-40(50)24-17-35)44(38-20-27-42(28-21-38)55-46(52)57-48(8,9)10)31(2)34-12-14-36(15-13-34)39(30-49)22-29-43(51)56-47(5,6)7/h12-21,23-28,31-33,39,43-45,50-51H,11,22,29H2,1-10H3. The van der Waals surface area contributed by atoms with E-state index in [1.165, 1.54) is 0 Å². The molecule has 7 atom stereocenters.